The summed E-state index contributed by atoms with van der Waals surface area (Å²) in [5.41, 5.74) is 2.38. The Balaban J connectivity index is 1.37. The summed E-state index contributed by atoms with van der Waals surface area (Å²) in [5, 5.41) is 3.52. The molecule has 3 heterocycles. The number of hydrogen-bond donors (Lipinski definition) is 1. The fourth-order valence-electron chi connectivity index (χ4n) is 6.39. The molecule has 2 aromatic rings. The van der Waals surface area contributed by atoms with Crippen LogP contribution in [0, 0.1) is 5.92 Å². The van der Waals surface area contributed by atoms with Crippen molar-refractivity contribution in [1.29, 1.82) is 0 Å². The van der Waals surface area contributed by atoms with E-state index in [1.807, 2.05) is 59.5 Å². The average Bonchev–Trinajstić information content (AvgIpc) is 2.94. The van der Waals surface area contributed by atoms with E-state index in [1.54, 1.807) is 12.0 Å². The van der Waals surface area contributed by atoms with E-state index in [0.717, 1.165) is 24.2 Å². The molecule has 0 saturated carbocycles. The van der Waals surface area contributed by atoms with Gasteiger partial charge < -0.3 is 24.8 Å². The van der Waals surface area contributed by atoms with E-state index in [2.05, 4.69) is 10.2 Å². The molecule has 0 aromatic heterocycles. The molecule has 7 nitrogen and oxygen atoms in total. The van der Waals surface area contributed by atoms with Crippen molar-refractivity contribution in [2.75, 3.05) is 51.8 Å². The van der Waals surface area contributed by atoms with Gasteiger partial charge in [0.25, 0.3) is 5.91 Å². The van der Waals surface area contributed by atoms with Crippen LogP contribution in [-0.2, 0) is 9.53 Å². The van der Waals surface area contributed by atoms with Crippen LogP contribution in [0.3, 0.4) is 0 Å². The molecule has 198 valence electrons. The Labute approximate surface area is 220 Å². The maximum Gasteiger partial charge on any atom is 0.258 e. The maximum absolute atomic E-state index is 13.9. The van der Waals surface area contributed by atoms with Crippen molar-refractivity contribution >= 4 is 17.5 Å². The molecule has 2 aromatic carbocycles. The summed E-state index contributed by atoms with van der Waals surface area (Å²) in [6, 6.07) is 18.1. The Morgan fingerprint density at radius 3 is 2.65 bits per heavy atom. The van der Waals surface area contributed by atoms with Crippen molar-refractivity contribution in [2.24, 2.45) is 5.92 Å². The van der Waals surface area contributed by atoms with E-state index < -0.39 is 6.17 Å². The standard InChI is InChI=1S/C30H40N4O3/c1-37-20-10-19-33(21-24-13-9-18-32-17-8-7-16-27(24)32)28(35)22-34-29(23-11-3-2-4-12-23)31-26-15-6-5-14-25(26)30(34)36/h2-6,11-12,14-15,24,27,29,31H,7-10,13,16-22H2,1H3. The van der Waals surface area contributed by atoms with Crippen LogP contribution in [0.2, 0.25) is 0 Å². The summed E-state index contributed by atoms with van der Waals surface area (Å²) in [4.78, 5) is 34.0. The number of carbonyl (C=O) groups is 2. The van der Waals surface area contributed by atoms with Gasteiger partial charge in [0.15, 0.2) is 0 Å². The number of amides is 2. The highest BCUT2D eigenvalue weighted by Gasteiger charge is 2.37. The van der Waals surface area contributed by atoms with Crippen LogP contribution in [0.15, 0.2) is 54.6 Å². The van der Waals surface area contributed by atoms with Crippen molar-refractivity contribution in [3.8, 4) is 0 Å². The predicted molar refractivity (Wildman–Crippen MR) is 145 cm³/mol. The number of hydrogen-bond acceptors (Lipinski definition) is 5. The third kappa shape index (κ3) is 5.83. The monoisotopic (exact) mass is 504 g/mol. The normalized spacial score (nSPS) is 23.6. The predicted octanol–water partition coefficient (Wildman–Crippen LogP) is 4.38. The SMILES string of the molecule is COCCCN(CC1CCCN2CCCCC12)C(=O)CN1C(=O)c2ccccc2NC1c1ccccc1. The van der Waals surface area contributed by atoms with Crippen LogP contribution in [-0.4, -0.2) is 79.0 Å². The Kier molecular flexibility index (Phi) is 8.41. The molecule has 3 aliphatic heterocycles. The molecule has 0 aliphatic carbocycles. The Morgan fingerprint density at radius 1 is 1.03 bits per heavy atom. The molecule has 0 bridgehead atoms. The van der Waals surface area contributed by atoms with Gasteiger partial charge in [-0.3, -0.25) is 9.59 Å². The van der Waals surface area contributed by atoms with Crippen LogP contribution in [0.4, 0.5) is 5.69 Å². The topological polar surface area (TPSA) is 65.1 Å². The zero-order valence-corrected chi connectivity index (χ0v) is 22.0. The molecule has 5 rings (SSSR count). The highest BCUT2D eigenvalue weighted by Crippen LogP contribution is 2.34. The second-order valence-corrected chi connectivity index (χ2v) is 10.6. The van der Waals surface area contributed by atoms with Gasteiger partial charge in [0.1, 0.15) is 12.7 Å². The van der Waals surface area contributed by atoms with E-state index in [1.165, 1.54) is 45.2 Å². The molecule has 0 radical (unpaired) electrons. The number of rotatable bonds is 9. The highest BCUT2D eigenvalue weighted by molar-refractivity contribution is 6.03. The maximum atomic E-state index is 13.9. The minimum absolute atomic E-state index is 0.0134. The van der Waals surface area contributed by atoms with Gasteiger partial charge in [-0.05, 0) is 68.8 Å². The van der Waals surface area contributed by atoms with Crippen LogP contribution in [0.1, 0.15) is 60.6 Å². The minimum Gasteiger partial charge on any atom is -0.385 e. The Bertz CT molecular complexity index is 1060. The zero-order valence-electron chi connectivity index (χ0n) is 22.0. The van der Waals surface area contributed by atoms with Gasteiger partial charge >= 0.3 is 0 Å². The number of fused-ring (bicyclic) bond motifs is 2. The first-order valence-corrected chi connectivity index (χ1v) is 13.9. The lowest BCUT2D eigenvalue weighted by Gasteiger charge is -2.46. The molecular formula is C30H40N4O3. The quantitative estimate of drug-likeness (QED) is 0.514. The van der Waals surface area contributed by atoms with E-state index >= 15 is 0 Å². The van der Waals surface area contributed by atoms with Crippen molar-refractivity contribution in [2.45, 2.75) is 50.7 Å². The average molecular weight is 505 g/mol. The molecule has 2 fully saturated rings. The highest BCUT2D eigenvalue weighted by atomic mass is 16.5. The molecule has 3 atom stereocenters. The fraction of sp³-hybridized carbons (Fsp3) is 0.533. The number of nitrogens with zero attached hydrogens (tertiary/aromatic N) is 3. The molecule has 1 N–H and O–H groups in total. The number of carbonyl (C=O) groups excluding carboxylic acids is 2. The van der Waals surface area contributed by atoms with Crippen molar-refractivity contribution < 1.29 is 14.3 Å². The van der Waals surface area contributed by atoms with Crippen molar-refractivity contribution in [3.05, 3.63) is 65.7 Å². The lowest BCUT2D eigenvalue weighted by Crippen LogP contribution is -2.53. The first-order chi connectivity index (χ1) is 18.2. The lowest BCUT2D eigenvalue weighted by atomic mass is 9.83. The van der Waals surface area contributed by atoms with Gasteiger partial charge in [0.05, 0.1) is 5.56 Å². The molecule has 0 spiro atoms. The lowest BCUT2D eigenvalue weighted by molar-refractivity contribution is -0.134. The molecule has 7 heteroatoms. The summed E-state index contributed by atoms with van der Waals surface area (Å²) in [6.07, 6.45) is 6.55. The minimum atomic E-state index is -0.392. The van der Waals surface area contributed by atoms with Gasteiger partial charge in [-0.25, -0.2) is 0 Å². The number of benzene rings is 2. The number of anilines is 1. The van der Waals surface area contributed by atoms with Gasteiger partial charge in [-0.1, -0.05) is 48.9 Å². The van der Waals surface area contributed by atoms with Gasteiger partial charge in [0, 0.05) is 38.5 Å². The molecule has 2 saturated heterocycles. The number of nitrogens with one attached hydrogen (secondary N) is 1. The largest absolute Gasteiger partial charge is 0.385 e. The third-order valence-electron chi connectivity index (χ3n) is 8.26. The number of ether oxygens (including phenoxy) is 1. The summed E-state index contributed by atoms with van der Waals surface area (Å²) < 4.78 is 5.31. The molecular weight excluding hydrogens is 464 g/mol. The summed E-state index contributed by atoms with van der Waals surface area (Å²) in [5.74, 6) is 0.394. The number of methoxy groups -OCH3 is 1. The van der Waals surface area contributed by atoms with E-state index in [0.29, 0.717) is 30.7 Å². The van der Waals surface area contributed by atoms with Crippen molar-refractivity contribution in [3.63, 3.8) is 0 Å². The Hall–Kier alpha value is -2.90. The van der Waals surface area contributed by atoms with Crippen LogP contribution >= 0.6 is 0 Å². The first-order valence-electron chi connectivity index (χ1n) is 13.9. The zero-order chi connectivity index (χ0) is 25.6. The van der Waals surface area contributed by atoms with E-state index in [9.17, 15) is 9.59 Å². The van der Waals surface area contributed by atoms with Crippen LogP contribution < -0.4 is 5.32 Å². The molecule has 3 aliphatic rings. The second-order valence-electron chi connectivity index (χ2n) is 10.6. The third-order valence-corrected chi connectivity index (χ3v) is 8.26. The summed E-state index contributed by atoms with van der Waals surface area (Å²) in [6.45, 7) is 4.45. The molecule has 3 unspecified atom stereocenters. The van der Waals surface area contributed by atoms with Gasteiger partial charge in [-0.2, -0.15) is 0 Å². The number of para-hydroxylation sites is 1. The number of piperidine rings is 2. The van der Waals surface area contributed by atoms with E-state index in [-0.39, 0.29) is 18.4 Å². The Morgan fingerprint density at radius 2 is 1.81 bits per heavy atom. The van der Waals surface area contributed by atoms with E-state index in [4.69, 9.17) is 4.74 Å². The smallest absolute Gasteiger partial charge is 0.258 e. The van der Waals surface area contributed by atoms with Gasteiger partial charge in [-0.15, -0.1) is 0 Å². The van der Waals surface area contributed by atoms with Crippen LogP contribution in [0.5, 0.6) is 0 Å². The van der Waals surface area contributed by atoms with Crippen molar-refractivity contribution in [1.82, 2.24) is 14.7 Å². The second kappa shape index (κ2) is 12.1. The van der Waals surface area contributed by atoms with Crippen LogP contribution in [0.25, 0.3) is 0 Å². The summed E-state index contributed by atoms with van der Waals surface area (Å²) >= 11 is 0. The molecule has 37 heavy (non-hydrogen) atoms. The first kappa shape index (κ1) is 25.7. The molecule has 2 amide bonds. The van der Waals surface area contributed by atoms with Gasteiger partial charge in [0.2, 0.25) is 5.91 Å². The summed E-state index contributed by atoms with van der Waals surface area (Å²) in [7, 11) is 1.70. The fourth-order valence-corrected chi connectivity index (χ4v) is 6.39.